The molecule has 2 atom stereocenters. The van der Waals surface area contributed by atoms with E-state index >= 15 is 0 Å². The van der Waals surface area contributed by atoms with Gasteiger partial charge in [-0.2, -0.15) is 0 Å². The molecule has 0 spiro atoms. The average Bonchev–Trinajstić information content (AvgIpc) is 2.42. The molecule has 1 aromatic carbocycles. The molecule has 2 unspecified atom stereocenters. The maximum Gasteiger partial charge on any atom is 0.0443 e. The Kier molecular flexibility index (Phi) is 4.65. The summed E-state index contributed by atoms with van der Waals surface area (Å²) in [6.45, 7) is 5.58. The molecule has 0 radical (unpaired) electrons. The zero-order valence-corrected chi connectivity index (χ0v) is 11.9. The molecule has 1 aromatic rings. The van der Waals surface area contributed by atoms with Crippen molar-refractivity contribution in [2.45, 2.75) is 51.6 Å². The Balaban J connectivity index is 2.24. The number of anilines is 1. The lowest BCUT2D eigenvalue weighted by Gasteiger charge is -2.41. The van der Waals surface area contributed by atoms with Crippen LogP contribution < -0.4 is 10.2 Å². The summed E-state index contributed by atoms with van der Waals surface area (Å²) in [5.41, 5.74) is 2.80. The van der Waals surface area contributed by atoms with E-state index in [9.17, 15) is 0 Å². The number of nitrogens with one attached hydrogen (secondary N) is 1. The third-order valence-corrected chi connectivity index (χ3v) is 4.27. The molecule has 0 bridgehead atoms. The Bertz CT molecular complexity index is 375. The minimum atomic E-state index is 0.637. The molecule has 1 aliphatic rings. The summed E-state index contributed by atoms with van der Waals surface area (Å²) in [4.78, 5) is 2.59. The molecule has 0 aliphatic heterocycles. The summed E-state index contributed by atoms with van der Waals surface area (Å²) < 4.78 is 0. The van der Waals surface area contributed by atoms with Crippen molar-refractivity contribution in [1.82, 2.24) is 5.32 Å². The van der Waals surface area contributed by atoms with Crippen molar-refractivity contribution in [2.24, 2.45) is 0 Å². The van der Waals surface area contributed by atoms with Gasteiger partial charge in [0.05, 0.1) is 0 Å². The number of para-hydroxylation sites is 1. The summed E-state index contributed by atoms with van der Waals surface area (Å²) in [5, 5.41) is 3.52. The summed E-state index contributed by atoms with van der Waals surface area (Å²) in [7, 11) is 2.11. The van der Waals surface area contributed by atoms with Crippen LogP contribution >= 0.6 is 0 Å². The quantitative estimate of drug-likeness (QED) is 0.876. The highest BCUT2D eigenvalue weighted by Gasteiger charge is 2.28. The van der Waals surface area contributed by atoms with Crippen LogP contribution in [0.25, 0.3) is 0 Å². The summed E-state index contributed by atoms with van der Waals surface area (Å²) in [5.74, 6) is 0. The highest BCUT2D eigenvalue weighted by Crippen LogP contribution is 2.29. The predicted molar refractivity (Wildman–Crippen MR) is 79.3 cm³/mol. The largest absolute Gasteiger partial charge is 0.367 e. The van der Waals surface area contributed by atoms with Gasteiger partial charge in [0, 0.05) is 24.3 Å². The van der Waals surface area contributed by atoms with Crippen LogP contribution in [0.5, 0.6) is 0 Å². The average molecular weight is 246 g/mol. The molecule has 2 rings (SSSR count). The molecule has 100 valence electrons. The van der Waals surface area contributed by atoms with Gasteiger partial charge in [-0.3, -0.25) is 0 Å². The van der Waals surface area contributed by atoms with Crippen LogP contribution in [0.1, 0.15) is 38.2 Å². The minimum Gasteiger partial charge on any atom is -0.367 e. The van der Waals surface area contributed by atoms with Crippen molar-refractivity contribution in [3.05, 3.63) is 29.8 Å². The topological polar surface area (TPSA) is 15.3 Å². The number of hydrogen-bond donors (Lipinski definition) is 1. The van der Waals surface area contributed by atoms with Crippen molar-refractivity contribution in [2.75, 3.05) is 18.5 Å². The van der Waals surface area contributed by atoms with Crippen LogP contribution in [-0.2, 0) is 0 Å². The molecule has 2 nitrogen and oxygen atoms in total. The van der Waals surface area contributed by atoms with Crippen molar-refractivity contribution in [3.63, 3.8) is 0 Å². The van der Waals surface area contributed by atoms with E-state index in [1.165, 1.54) is 36.9 Å². The van der Waals surface area contributed by atoms with Crippen molar-refractivity contribution in [1.29, 1.82) is 0 Å². The van der Waals surface area contributed by atoms with Gasteiger partial charge in [0.1, 0.15) is 0 Å². The minimum absolute atomic E-state index is 0.637. The van der Waals surface area contributed by atoms with E-state index in [2.05, 4.69) is 55.4 Å². The van der Waals surface area contributed by atoms with Gasteiger partial charge in [-0.1, -0.05) is 31.0 Å². The fourth-order valence-electron chi connectivity index (χ4n) is 3.29. The number of likely N-dealkylation sites (N-methyl/N-ethyl adjacent to an activating group) is 2. The SMILES string of the molecule is CCN(c1ccccc1C)C1CCCCC1NC. The molecular weight excluding hydrogens is 220 g/mol. The van der Waals surface area contributed by atoms with Gasteiger partial charge < -0.3 is 10.2 Å². The smallest absolute Gasteiger partial charge is 0.0443 e. The zero-order valence-electron chi connectivity index (χ0n) is 11.9. The van der Waals surface area contributed by atoms with Crippen LogP contribution in [-0.4, -0.2) is 25.7 Å². The van der Waals surface area contributed by atoms with Crippen LogP contribution in [0.3, 0.4) is 0 Å². The maximum atomic E-state index is 3.52. The third kappa shape index (κ3) is 2.69. The van der Waals surface area contributed by atoms with E-state index in [0.717, 1.165) is 6.54 Å². The molecule has 1 fully saturated rings. The molecular formula is C16H26N2. The Morgan fingerprint density at radius 3 is 2.61 bits per heavy atom. The second-order valence-corrected chi connectivity index (χ2v) is 5.32. The lowest BCUT2D eigenvalue weighted by molar-refractivity contribution is 0.329. The van der Waals surface area contributed by atoms with Gasteiger partial charge in [0.2, 0.25) is 0 Å². The predicted octanol–water partition coefficient (Wildman–Crippen LogP) is 3.35. The van der Waals surface area contributed by atoms with Crippen LogP contribution in [0.2, 0.25) is 0 Å². The molecule has 18 heavy (non-hydrogen) atoms. The molecule has 0 heterocycles. The fraction of sp³-hybridized carbons (Fsp3) is 0.625. The molecule has 1 saturated carbocycles. The molecule has 2 heteroatoms. The van der Waals surface area contributed by atoms with Crippen molar-refractivity contribution < 1.29 is 0 Å². The lowest BCUT2D eigenvalue weighted by atomic mass is 9.88. The molecule has 0 amide bonds. The monoisotopic (exact) mass is 246 g/mol. The van der Waals surface area contributed by atoms with E-state index in [1.54, 1.807) is 0 Å². The zero-order chi connectivity index (χ0) is 13.0. The lowest BCUT2D eigenvalue weighted by Crippen LogP contribution is -2.51. The normalized spacial score (nSPS) is 23.9. The Hall–Kier alpha value is -1.02. The van der Waals surface area contributed by atoms with Gasteiger partial charge in [0.25, 0.3) is 0 Å². The van der Waals surface area contributed by atoms with E-state index in [1.807, 2.05) is 0 Å². The second-order valence-electron chi connectivity index (χ2n) is 5.32. The second kappa shape index (κ2) is 6.24. The van der Waals surface area contributed by atoms with Gasteiger partial charge in [0.15, 0.2) is 0 Å². The number of nitrogens with zero attached hydrogens (tertiary/aromatic N) is 1. The van der Waals surface area contributed by atoms with E-state index < -0.39 is 0 Å². The Labute approximate surface area is 111 Å². The Morgan fingerprint density at radius 1 is 1.22 bits per heavy atom. The van der Waals surface area contributed by atoms with Gasteiger partial charge in [-0.25, -0.2) is 0 Å². The first-order valence-electron chi connectivity index (χ1n) is 7.27. The van der Waals surface area contributed by atoms with Crippen molar-refractivity contribution >= 4 is 5.69 Å². The van der Waals surface area contributed by atoms with E-state index in [0.29, 0.717) is 12.1 Å². The molecule has 0 saturated heterocycles. The van der Waals surface area contributed by atoms with E-state index in [-0.39, 0.29) is 0 Å². The van der Waals surface area contributed by atoms with Crippen molar-refractivity contribution in [3.8, 4) is 0 Å². The summed E-state index contributed by atoms with van der Waals surface area (Å²) in [6, 6.07) is 10.0. The molecule has 1 aliphatic carbocycles. The number of hydrogen-bond acceptors (Lipinski definition) is 2. The van der Waals surface area contributed by atoms with Crippen LogP contribution in [0.4, 0.5) is 5.69 Å². The van der Waals surface area contributed by atoms with Crippen LogP contribution in [0, 0.1) is 6.92 Å². The number of rotatable bonds is 4. The van der Waals surface area contributed by atoms with Gasteiger partial charge >= 0.3 is 0 Å². The highest BCUT2D eigenvalue weighted by atomic mass is 15.2. The number of aryl methyl sites for hydroxylation is 1. The number of benzene rings is 1. The molecule has 1 N–H and O–H groups in total. The highest BCUT2D eigenvalue weighted by molar-refractivity contribution is 5.54. The third-order valence-electron chi connectivity index (χ3n) is 4.27. The first-order chi connectivity index (χ1) is 8.77. The van der Waals surface area contributed by atoms with Gasteiger partial charge in [-0.05, 0) is 45.4 Å². The molecule has 0 aromatic heterocycles. The summed E-state index contributed by atoms with van der Waals surface area (Å²) >= 11 is 0. The maximum absolute atomic E-state index is 3.52. The summed E-state index contributed by atoms with van der Waals surface area (Å²) in [6.07, 6.45) is 5.36. The standard InChI is InChI=1S/C16H26N2/c1-4-18(15-11-7-5-9-13(15)2)16-12-8-6-10-14(16)17-3/h5,7,9,11,14,16-17H,4,6,8,10,12H2,1-3H3. The first-order valence-corrected chi connectivity index (χ1v) is 7.27. The first kappa shape index (κ1) is 13.4. The van der Waals surface area contributed by atoms with Gasteiger partial charge in [-0.15, -0.1) is 0 Å². The fourth-order valence-corrected chi connectivity index (χ4v) is 3.29. The van der Waals surface area contributed by atoms with Crippen LogP contribution in [0.15, 0.2) is 24.3 Å². The Morgan fingerprint density at radius 2 is 1.94 bits per heavy atom. The van der Waals surface area contributed by atoms with E-state index in [4.69, 9.17) is 0 Å².